The summed E-state index contributed by atoms with van der Waals surface area (Å²) < 4.78 is 13.3. The van der Waals surface area contributed by atoms with Crippen LogP contribution in [0.2, 0.25) is 0 Å². The molecule has 29 heavy (non-hydrogen) atoms. The van der Waals surface area contributed by atoms with Crippen molar-refractivity contribution in [2.75, 3.05) is 12.4 Å². The molecule has 0 saturated heterocycles. The maximum Gasteiger partial charge on any atom is 0.238 e. The zero-order valence-electron chi connectivity index (χ0n) is 15.7. The number of para-hydroxylation sites is 1. The van der Waals surface area contributed by atoms with E-state index in [4.69, 9.17) is 9.47 Å². The smallest absolute Gasteiger partial charge is 0.238 e. The van der Waals surface area contributed by atoms with Crippen LogP contribution in [-0.2, 0) is 11.4 Å². The molecule has 3 heterocycles. The van der Waals surface area contributed by atoms with Gasteiger partial charge in [-0.2, -0.15) is 5.10 Å². The van der Waals surface area contributed by atoms with Crippen molar-refractivity contribution in [3.63, 3.8) is 0 Å². The SMILES string of the molecule is COc1c(OCc2ccccc2)cn2ncnc(C3C(=O)Nc4ccccc43)c12. The Balaban J connectivity index is 1.59. The number of amides is 1. The van der Waals surface area contributed by atoms with Crippen LogP contribution in [0.5, 0.6) is 11.5 Å². The van der Waals surface area contributed by atoms with Gasteiger partial charge >= 0.3 is 0 Å². The van der Waals surface area contributed by atoms with Crippen LogP contribution in [0.3, 0.4) is 0 Å². The van der Waals surface area contributed by atoms with E-state index in [2.05, 4.69) is 15.4 Å². The van der Waals surface area contributed by atoms with E-state index in [0.29, 0.717) is 29.3 Å². The number of nitrogens with one attached hydrogen (secondary N) is 1. The predicted octanol–water partition coefficient (Wildman–Crippen LogP) is 3.40. The minimum absolute atomic E-state index is 0.123. The van der Waals surface area contributed by atoms with Crippen molar-refractivity contribution >= 4 is 17.1 Å². The molecule has 0 fully saturated rings. The summed E-state index contributed by atoms with van der Waals surface area (Å²) in [6.45, 7) is 0.392. The standard InChI is InChI=1S/C22H18N4O3/c1-28-21-17(29-12-14-7-3-2-4-8-14)11-26-20(21)19(23-13-24-26)18-15-9-5-6-10-16(15)25-22(18)27/h2-11,13,18H,12H2,1H3,(H,25,27). The first-order valence-corrected chi connectivity index (χ1v) is 9.23. The van der Waals surface area contributed by atoms with E-state index >= 15 is 0 Å². The Morgan fingerprint density at radius 3 is 2.72 bits per heavy atom. The third kappa shape index (κ3) is 2.87. The molecule has 1 N–H and O–H groups in total. The molecular weight excluding hydrogens is 368 g/mol. The van der Waals surface area contributed by atoms with E-state index in [1.54, 1.807) is 17.8 Å². The number of nitrogens with zero attached hydrogens (tertiary/aromatic N) is 3. The van der Waals surface area contributed by atoms with E-state index in [9.17, 15) is 4.79 Å². The number of hydrogen-bond acceptors (Lipinski definition) is 5. The fourth-order valence-corrected chi connectivity index (χ4v) is 3.71. The van der Waals surface area contributed by atoms with Crippen molar-refractivity contribution in [3.05, 3.63) is 83.9 Å². The topological polar surface area (TPSA) is 77.8 Å². The van der Waals surface area contributed by atoms with Crippen molar-refractivity contribution in [3.8, 4) is 11.5 Å². The summed E-state index contributed by atoms with van der Waals surface area (Å²) in [6.07, 6.45) is 3.19. The molecule has 1 aliphatic rings. The summed E-state index contributed by atoms with van der Waals surface area (Å²) >= 11 is 0. The van der Waals surface area contributed by atoms with Gasteiger partial charge in [0.25, 0.3) is 0 Å². The van der Waals surface area contributed by atoms with Gasteiger partial charge in [-0.15, -0.1) is 0 Å². The number of methoxy groups -OCH3 is 1. The average Bonchev–Trinajstić information content (AvgIpc) is 3.29. The minimum atomic E-state index is -0.539. The summed E-state index contributed by atoms with van der Waals surface area (Å²) in [5.74, 6) is 0.391. The Kier molecular flexibility index (Phi) is 4.13. The minimum Gasteiger partial charge on any atom is -0.491 e. The van der Waals surface area contributed by atoms with Gasteiger partial charge in [0, 0.05) is 5.69 Å². The fraction of sp³-hybridized carbons (Fsp3) is 0.136. The molecule has 0 radical (unpaired) electrons. The third-order valence-corrected chi connectivity index (χ3v) is 5.03. The summed E-state index contributed by atoms with van der Waals surface area (Å²) in [7, 11) is 1.57. The Hall–Kier alpha value is -3.87. The second-order valence-electron chi connectivity index (χ2n) is 6.75. The molecule has 0 spiro atoms. The summed E-state index contributed by atoms with van der Waals surface area (Å²) in [4.78, 5) is 17.2. The van der Waals surface area contributed by atoms with Gasteiger partial charge in [0.05, 0.1) is 19.0 Å². The number of rotatable bonds is 5. The molecule has 2 aromatic heterocycles. The van der Waals surface area contributed by atoms with Crippen LogP contribution in [0.15, 0.2) is 67.1 Å². The quantitative estimate of drug-likeness (QED) is 0.569. The van der Waals surface area contributed by atoms with Crippen molar-refractivity contribution < 1.29 is 14.3 Å². The molecule has 1 unspecified atom stereocenters. The van der Waals surface area contributed by atoms with Gasteiger partial charge < -0.3 is 14.8 Å². The number of carbonyl (C=O) groups is 1. The first-order valence-electron chi connectivity index (χ1n) is 9.23. The molecule has 7 nitrogen and oxygen atoms in total. The molecule has 1 atom stereocenters. The van der Waals surface area contributed by atoms with Gasteiger partial charge in [0.1, 0.15) is 24.4 Å². The van der Waals surface area contributed by atoms with E-state index in [1.165, 1.54) is 6.33 Å². The van der Waals surface area contributed by atoms with E-state index in [0.717, 1.165) is 16.8 Å². The highest BCUT2D eigenvalue weighted by molar-refractivity contribution is 6.06. The van der Waals surface area contributed by atoms with E-state index in [1.807, 2.05) is 54.6 Å². The first-order chi connectivity index (χ1) is 14.3. The van der Waals surface area contributed by atoms with Crippen molar-refractivity contribution in [2.45, 2.75) is 12.5 Å². The monoisotopic (exact) mass is 386 g/mol. The number of ether oxygens (including phenoxy) is 2. The van der Waals surface area contributed by atoms with Crippen LogP contribution in [-0.4, -0.2) is 27.6 Å². The van der Waals surface area contributed by atoms with Gasteiger partial charge in [0.15, 0.2) is 11.5 Å². The van der Waals surface area contributed by atoms with Crippen LogP contribution >= 0.6 is 0 Å². The summed E-state index contributed by atoms with van der Waals surface area (Å²) in [6, 6.07) is 17.5. The molecule has 1 aliphatic heterocycles. The second kappa shape index (κ2) is 6.94. The Morgan fingerprint density at radius 1 is 1.10 bits per heavy atom. The van der Waals surface area contributed by atoms with Crippen LogP contribution in [0.4, 0.5) is 5.69 Å². The first kappa shape index (κ1) is 17.2. The number of anilines is 1. The van der Waals surface area contributed by atoms with Gasteiger partial charge in [-0.25, -0.2) is 9.50 Å². The zero-order chi connectivity index (χ0) is 19.8. The fourth-order valence-electron chi connectivity index (χ4n) is 3.71. The highest BCUT2D eigenvalue weighted by Crippen LogP contribution is 2.42. The lowest BCUT2D eigenvalue weighted by molar-refractivity contribution is -0.116. The van der Waals surface area contributed by atoms with Gasteiger partial charge in [0.2, 0.25) is 5.91 Å². The lowest BCUT2D eigenvalue weighted by atomic mass is 9.96. The molecule has 0 aliphatic carbocycles. The number of carbonyl (C=O) groups excluding carboxylic acids is 1. The zero-order valence-corrected chi connectivity index (χ0v) is 15.7. The molecule has 4 aromatic rings. The maximum atomic E-state index is 12.7. The summed E-state index contributed by atoms with van der Waals surface area (Å²) in [5.41, 5.74) is 3.92. The van der Waals surface area contributed by atoms with Crippen LogP contribution in [0.25, 0.3) is 5.52 Å². The Labute approximate surface area is 166 Å². The molecule has 0 saturated carbocycles. The number of fused-ring (bicyclic) bond motifs is 2. The highest BCUT2D eigenvalue weighted by atomic mass is 16.5. The maximum absolute atomic E-state index is 12.7. The number of aromatic nitrogens is 3. The molecule has 5 rings (SSSR count). The second-order valence-corrected chi connectivity index (χ2v) is 6.75. The van der Waals surface area contributed by atoms with Gasteiger partial charge in [-0.05, 0) is 17.2 Å². The van der Waals surface area contributed by atoms with E-state index < -0.39 is 5.92 Å². The molecule has 2 aromatic carbocycles. The Morgan fingerprint density at radius 2 is 1.90 bits per heavy atom. The van der Waals surface area contributed by atoms with Crippen LogP contribution in [0.1, 0.15) is 22.7 Å². The largest absolute Gasteiger partial charge is 0.491 e. The molecule has 1 amide bonds. The van der Waals surface area contributed by atoms with Crippen molar-refractivity contribution in [1.82, 2.24) is 14.6 Å². The predicted molar refractivity (Wildman–Crippen MR) is 107 cm³/mol. The third-order valence-electron chi connectivity index (χ3n) is 5.03. The summed E-state index contributed by atoms with van der Waals surface area (Å²) in [5, 5.41) is 7.21. The molecule has 7 heteroatoms. The highest BCUT2D eigenvalue weighted by Gasteiger charge is 2.35. The number of hydrogen-bond donors (Lipinski definition) is 1. The molecule has 144 valence electrons. The number of benzene rings is 2. The van der Waals surface area contributed by atoms with Crippen LogP contribution in [0, 0.1) is 0 Å². The van der Waals surface area contributed by atoms with E-state index in [-0.39, 0.29) is 5.91 Å². The van der Waals surface area contributed by atoms with Crippen molar-refractivity contribution in [2.24, 2.45) is 0 Å². The van der Waals surface area contributed by atoms with Crippen LogP contribution < -0.4 is 14.8 Å². The Bertz CT molecular complexity index is 1200. The van der Waals surface area contributed by atoms with Gasteiger partial charge in [-0.1, -0.05) is 48.5 Å². The van der Waals surface area contributed by atoms with Gasteiger partial charge in [-0.3, -0.25) is 4.79 Å². The lowest BCUT2D eigenvalue weighted by Gasteiger charge is -2.11. The molecule has 0 bridgehead atoms. The normalized spacial score (nSPS) is 15.2. The lowest BCUT2D eigenvalue weighted by Crippen LogP contribution is -2.16. The van der Waals surface area contributed by atoms with Crippen molar-refractivity contribution in [1.29, 1.82) is 0 Å². The molecular formula is C22H18N4O3. The average molecular weight is 386 g/mol.